The van der Waals surface area contributed by atoms with E-state index in [1.807, 2.05) is 0 Å². The highest BCUT2D eigenvalue weighted by Gasteiger charge is 2.26. The van der Waals surface area contributed by atoms with Gasteiger partial charge in [0.2, 0.25) is 5.91 Å². The van der Waals surface area contributed by atoms with Crippen molar-refractivity contribution in [2.24, 2.45) is 0 Å². The molecule has 1 N–H and O–H groups in total. The fraction of sp³-hybridized carbons (Fsp3) is 0.273. The van der Waals surface area contributed by atoms with Gasteiger partial charge in [-0.25, -0.2) is 4.79 Å². The first kappa shape index (κ1) is 11.7. The second-order valence-electron chi connectivity index (χ2n) is 3.57. The number of anilines is 1. The molecule has 0 saturated carbocycles. The van der Waals surface area contributed by atoms with Crippen LogP contribution in [0.2, 0.25) is 5.02 Å². The fourth-order valence-electron chi connectivity index (χ4n) is 1.67. The normalized spacial score (nSPS) is 15.8. The van der Waals surface area contributed by atoms with Gasteiger partial charge in [0.15, 0.2) is 0 Å². The van der Waals surface area contributed by atoms with Crippen LogP contribution in [0.1, 0.15) is 6.42 Å². The maximum absolute atomic E-state index is 11.7. The molecular formula is C11H11ClN2O3. The quantitative estimate of drug-likeness (QED) is 0.875. The second-order valence-corrected chi connectivity index (χ2v) is 4.01. The fourth-order valence-corrected chi connectivity index (χ4v) is 1.83. The summed E-state index contributed by atoms with van der Waals surface area (Å²) in [4.78, 5) is 24.2. The monoisotopic (exact) mass is 254 g/mol. The molecule has 90 valence electrons. The number of carbonyl (C=O) groups excluding carboxylic acids is 2. The molecule has 1 heterocycles. The van der Waals surface area contributed by atoms with E-state index in [0.717, 1.165) is 0 Å². The average Bonchev–Trinajstić information content (AvgIpc) is 2.29. The van der Waals surface area contributed by atoms with Gasteiger partial charge in [-0.3, -0.25) is 15.0 Å². The molecule has 2 rings (SSSR count). The van der Waals surface area contributed by atoms with Gasteiger partial charge in [0.1, 0.15) is 5.75 Å². The molecule has 0 atom stereocenters. The van der Waals surface area contributed by atoms with Crippen LogP contribution in [0, 0.1) is 0 Å². The average molecular weight is 255 g/mol. The van der Waals surface area contributed by atoms with Crippen molar-refractivity contribution in [1.29, 1.82) is 0 Å². The highest BCUT2D eigenvalue weighted by Crippen LogP contribution is 2.32. The molecule has 17 heavy (non-hydrogen) atoms. The summed E-state index contributed by atoms with van der Waals surface area (Å²) >= 11 is 5.89. The minimum Gasteiger partial charge on any atom is -0.495 e. The van der Waals surface area contributed by atoms with Crippen LogP contribution in [-0.2, 0) is 4.79 Å². The van der Waals surface area contributed by atoms with Crippen molar-refractivity contribution in [3.8, 4) is 5.75 Å². The highest BCUT2D eigenvalue weighted by molar-refractivity contribution is 6.31. The van der Waals surface area contributed by atoms with E-state index in [9.17, 15) is 9.59 Å². The number of nitrogens with one attached hydrogen (secondary N) is 1. The zero-order chi connectivity index (χ0) is 12.4. The summed E-state index contributed by atoms with van der Waals surface area (Å²) in [5.74, 6) is 0.270. The number of hydrogen-bond donors (Lipinski definition) is 1. The third-order valence-electron chi connectivity index (χ3n) is 2.49. The smallest absolute Gasteiger partial charge is 0.328 e. The number of nitrogens with zero attached hydrogens (tertiary/aromatic N) is 1. The third kappa shape index (κ3) is 2.34. The number of imide groups is 1. The lowest BCUT2D eigenvalue weighted by molar-refractivity contribution is -0.120. The molecule has 0 bridgehead atoms. The first-order valence-electron chi connectivity index (χ1n) is 5.06. The maximum Gasteiger partial charge on any atom is 0.328 e. The Kier molecular flexibility index (Phi) is 3.19. The summed E-state index contributed by atoms with van der Waals surface area (Å²) in [5, 5.41) is 2.75. The zero-order valence-electron chi connectivity index (χ0n) is 9.20. The Morgan fingerprint density at radius 1 is 1.41 bits per heavy atom. The number of ether oxygens (including phenoxy) is 1. The van der Waals surface area contributed by atoms with Crippen LogP contribution in [0.5, 0.6) is 5.75 Å². The number of halogens is 1. The van der Waals surface area contributed by atoms with E-state index in [4.69, 9.17) is 16.3 Å². The van der Waals surface area contributed by atoms with Crippen molar-refractivity contribution in [3.05, 3.63) is 23.2 Å². The minimum absolute atomic E-state index is 0.265. The zero-order valence-corrected chi connectivity index (χ0v) is 9.95. The second kappa shape index (κ2) is 4.63. The standard InChI is InChI=1S/C11H11ClN2O3/c1-17-9-3-2-7(12)6-8(9)14-5-4-10(15)13-11(14)16/h2-3,6H,4-5H2,1H3,(H,13,15,16). The van der Waals surface area contributed by atoms with Gasteiger partial charge < -0.3 is 4.74 Å². The summed E-state index contributed by atoms with van der Waals surface area (Å²) < 4.78 is 5.16. The number of urea groups is 1. The molecule has 1 aromatic carbocycles. The van der Waals surface area contributed by atoms with Gasteiger partial charge in [0.05, 0.1) is 12.8 Å². The summed E-state index contributed by atoms with van der Waals surface area (Å²) in [5.41, 5.74) is 0.560. The van der Waals surface area contributed by atoms with Crippen LogP contribution in [0.15, 0.2) is 18.2 Å². The molecule has 0 radical (unpaired) electrons. The van der Waals surface area contributed by atoms with Gasteiger partial charge in [0, 0.05) is 18.0 Å². The van der Waals surface area contributed by atoms with Crippen molar-refractivity contribution >= 4 is 29.2 Å². The van der Waals surface area contributed by atoms with Crippen LogP contribution in [0.25, 0.3) is 0 Å². The Balaban J connectivity index is 2.35. The Morgan fingerprint density at radius 3 is 2.82 bits per heavy atom. The molecule has 0 aromatic heterocycles. The number of rotatable bonds is 2. The lowest BCUT2D eigenvalue weighted by Gasteiger charge is -2.27. The first-order valence-corrected chi connectivity index (χ1v) is 5.44. The SMILES string of the molecule is COc1ccc(Cl)cc1N1CCC(=O)NC1=O. The maximum atomic E-state index is 11.7. The van der Waals surface area contributed by atoms with Gasteiger partial charge in [-0.1, -0.05) is 11.6 Å². The largest absolute Gasteiger partial charge is 0.495 e. The van der Waals surface area contributed by atoms with Gasteiger partial charge in [-0.2, -0.15) is 0 Å². The Hall–Kier alpha value is -1.75. The Labute approximate surface area is 103 Å². The van der Waals surface area contributed by atoms with Crippen molar-refractivity contribution in [1.82, 2.24) is 5.32 Å². The van der Waals surface area contributed by atoms with Crippen molar-refractivity contribution in [2.45, 2.75) is 6.42 Å². The summed E-state index contributed by atoms with van der Waals surface area (Å²) in [7, 11) is 1.51. The minimum atomic E-state index is -0.457. The van der Waals surface area contributed by atoms with Crippen LogP contribution in [0.3, 0.4) is 0 Å². The van der Waals surface area contributed by atoms with E-state index in [-0.39, 0.29) is 12.3 Å². The summed E-state index contributed by atoms with van der Waals surface area (Å²) in [6, 6.07) is 4.54. The Bertz CT molecular complexity index is 476. The molecule has 6 heteroatoms. The number of methoxy groups -OCH3 is 1. The van der Waals surface area contributed by atoms with Gasteiger partial charge >= 0.3 is 6.03 Å². The summed E-state index contributed by atoms with van der Waals surface area (Å²) in [6.07, 6.45) is 0.265. The lowest BCUT2D eigenvalue weighted by atomic mass is 10.2. The molecule has 1 saturated heterocycles. The van der Waals surface area contributed by atoms with Crippen molar-refractivity contribution < 1.29 is 14.3 Å². The van der Waals surface area contributed by atoms with E-state index >= 15 is 0 Å². The molecule has 1 aliphatic rings. The number of benzene rings is 1. The molecular weight excluding hydrogens is 244 g/mol. The number of carbonyl (C=O) groups is 2. The number of hydrogen-bond acceptors (Lipinski definition) is 3. The summed E-state index contributed by atoms with van der Waals surface area (Å²) in [6.45, 7) is 0.321. The third-order valence-corrected chi connectivity index (χ3v) is 2.72. The topological polar surface area (TPSA) is 58.6 Å². The van der Waals surface area contributed by atoms with Crippen molar-refractivity contribution in [2.75, 3.05) is 18.6 Å². The van der Waals surface area contributed by atoms with E-state index in [1.54, 1.807) is 18.2 Å². The van der Waals surface area contributed by atoms with Gasteiger partial charge in [0.25, 0.3) is 0 Å². The van der Waals surface area contributed by atoms with Crippen LogP contribution in [0.4, 0.5) is 10.5 Å². The first-order chi connectivity index (χ1) is 8.11. The molecule has 1 aliphatic heterocycles. The highest BCUT2D eigenvalue weighted by atomic mass is 35.5. The number of amides is 3. The van der Waals surface area contributed by atoms with Gasteiger partial charge in [-0.05, 0) is 18.2 Å². The Morgan fingerprint density at radius 2 is 2.18 bits per heavy atom. The van der Waals surface area contributed by atoms with Gasteiger partial charge in [-0.15, -0.1) is 0 Å². The lowest BCUT2D eigenvalue weighted by Crippen LogP contribution is -2.49. The van der Waals surface area contributed by atoms with Crippen LogP contribution < -0.4 is 15.0 Å². The van der Waals surface area contributed by atoms with Crippen LogP contribution >= 0.6 is 11.6 Å². The van der Waals surface area contributed by atoms with Crippen molar-refractivity contribution in [3.63, 3.8) is 0 Å². The molecule has 0 unspecified atom stereocenters. The van der Waals surface area contributed by atoms with E-state index in [1.165, 1.54) is 12.0 Å². The molecule has 0 spiro atoms. The van der Waals surface area contributed by atoms with E-state index in [0.29, 0.717) is 23.0 Å². The molecule has 3 amide bonds. The predicted octanol–water partition coefficient (Wildman–Crippen LogP) is 1.79. The van der Waals surface area contributed by atoms with E-state index in [2.05, 4.69) is 5.32 Å². The molecule has 0 aliphatic carbocycles. The molecule has 1 aromatic rings. The van der Waals surface area contributed by atoms with Crippen LogP contribution in [-0.4, -0.2) is 25.6 Å². The molecule has 1 fully saturated rings. The van der Waals surface area contributed by atoms with E-state index < -0.39 is 6.03 Å². The predicted molar refractivity (Wildman–Crippen MR) is 63.5 cm³/mol. The molecule has 5 nitrogen and oxygen atoms in total.